The first-order valence-electron chi connectivity index (χ1n) is 8.91. The van der Waals surface area contributed by atoms with E-state index in [1.807, 2.05) is 38.1 Å². The van der Waals surface area contributed by atoms with Gasteiger partial charge in [-0.25, -0.2) is 0 Å². The molecule has 0 aromatic heterocycles. The number of anilines is 1. The number of carbonyl (C=O) groups excluding carboxylic acids is 2. The fourth-order valence-electron chi connectivity index (χ4n) is 3.15. The lowest BCUT2D eigenvalue weighted by Crippen LogP contribution is -2.58. The van der Waals surface area contributed by atoms with Crippen molar-refractivity contribution >= 4 is 17.5 Å². The number of nitrogens with zero attached hydrogens (tertiary/aromatic N) is 2. The molecule has 6 nitrogen and oxygen atoms in total. The number of rotatable bonds is 5. The van der Waals surface area contributed by atoms with Crippen molar-refractivity contribution in [2.24, 2.45) is 0 Å². The number of ether oxygens (including phenoxy) is 2. The van der Waals surface area contributed by atoms with Gasteiger partial charge in [0.15, 0.2) is 6.61 Å². The molecule has 1 fully saturated rings. The molecular formula is C21H24N2O4. The minimum atomic E-state index is -0.206. The van der Waals surface area contributed by atoms with E-state index in [4.69, 9.17) is 9.47 Å². The van der Waals surface area contributed by atoms with Gasteiger partial charge >= 0.3 is 0 Å². The highest BCUT2D eigenvalue weighted by molar-refractivity contribution is 5.98. The number of amides is 2. The molecule has 1 heterocycles. The topological polar surface area (TPSA) is 59.1 Å². The maximum atomic E-state index is 12.6. The normalized spacial score (nSPS) is 17.0. The molecule has 0 N–H and O–H groups in total. The third kappa shape index (κ3) is 4.39. The van der Waals surface area contributed by atoms with Crippen LogP contribution in [0.2, 0.25) is 0 Å². The molecule has 1 aliphatic rings. The average molecular weight is 368 g/mol. The standard InChI is InChI=1S/C21H24N2O4/c1-15-6-4-7-17(10-15)23-12-16(2)22(13-20(23)24)21(25)14-27-19-9-5-8-18(11-19)26-3/h4-11,16H,12-14H2,1-3H3/t16-/m1/s1. The maximum Gasteiger partial charge on any atom is 0.261 e. The van der Waals surface area contributed by atoms with E-state index in [1.165, 1.54) is 0 Å². The van der Waals surface area contributed by atoms with Crippen molar-refractivity contribution in [2.45, 2.75) is 19.9 Å². The minimum Gasteiger partial charge on any atom is -0.497 e. The predicted octanol–water partition coefficient (Wildman–Crippen LogP) is 2.65. The summed E-state index contributed by atoms with van der Waals surface area (Å²) < 4.78 is 10.7. The number of piperazine rings is 1. The summed E-state index contributed by atoms with van der Waals surface area (Å²) in [6.07, 6.45) is 0. The summed E-state index contributed by atoms with van der Waals surface area (Å²) in [5.41, 5.74) is 1.96. The fraction of sp³-hybridized carbons (Fsp3) is 0.333. The first-order chi connectivity index (χ1) is 13.0. The summed E-state index contributed by atoms with van der Waals surface area (Å²) >= 11 is 0. The first-order valence-corrected chi connectivity index (χ1v) is 8.91. The molecule has 2 aromatic rings. The molecule has 1 atom stereocenters. The van der Waals surface area contributed by atoms with Gasteiger partial charge in [0.05, 0.1) is 7.11 Å². The van der Waals surface area contributed by atoms with E-state index in [2.05, 4.69) is 0 Å². The molecule has 0 unspecified atom stereocenters. The zero-order valence-electron chi connectivity index (χ0n) is 15.8. The van der Waals surface area contributed by atoms with Crippen molar-refractivity contribution in [1.29, 1.82) is 0 Å². The maximum absolute atomic E-state index is 12.6. The average Bonchev–Trinajstić information content (AvgIpc) is 2.67. The Bertz CT molecular complexity index is 836. The van der Waals surface area contributed by atoms with Crippen molar-refractivity contribution in [3.8, 4) is 11.5 Å². The molecule has 27 heavy (non-hydrogen) atoms. The lowest BCUT2D eigenvalue weighted by atomic mass is 10.1. The highest BCUT2D eigenvalue weighted by atomic mass is 16.5. The molecule has 0 aliphatic carbocycles. The number of carbonyl (C=O) groups is 2. The number of hydrogen-bond donors (Lipinski definition) is 0. The Morgan fingerprint density at radius 2 is 1.89 bits per heavy atom. The van der Waals surface area contributed by atoms with E-state index in [1.54, 1.807) is 41.2 Å². The lowest BCUT2D eigenvalue weighted by molar-refractivity contribution is -0.141. The van der Waals surface area contributed by atoms with Crippen LogP contribution < -0.4 is 14.4 Å². The Balaban J connectivity index is 1.62. The van der Waals surface area contributed by atoms with E-state index in [0.29, 0.717) is 18.0 Å². The van der Waals surface area contributed by atoms with Crippen molar-refractivity contribution < 1.29 is 19.1 Å². The Morgan fingerprint density at radius 1 is 1.15 bits per heavy atom. The Morgan fingerprint density at radius 3 is 2.63 bits per heavy atom. The Labute approximate surface area is 159 Å². The van der Waals surface area contributed by atoms with Crippen LogP contribution in [-0.2, 0) is 9.59 Å². The summed E-state index contributed by atoms with van der Waals surface area (Å²) in [6.45, 7) is 4.34. The van der Waals surface area contributed by atoms with E-state index >= 15 is 0 Å². The third-order valence-corrected chi connectivity index (χ3v) is 4.62. The molecule has 1 aliphatic heterocycles. The summed E-state index contributed by atoms with van der Waals surface area (Å²) in [5.74, 6) is 0.923. The molecule has 0 saturated carbocycles. The number of aryl methyl sites for hydroxylation is 1. The van der Waals surface area contributed by atoms with Gasteiger partial charge < -0.3 is 19.3 Å². The highest BCUT2D eigenvalue weighted by Crippen LogP contribution is 2.22. The van der Waals surface area contributed by atoms with Crippen LogP contribution in [0.3, 0.4) is 0 Å². The first kappa shape index (κ1) is 18.8. The molecule has 2 aromatic carbocycles. The summed E-state index contributed by atoms with van der Waals surface area (Å²) in [5, 5.41) is 0. The second kappa shape index (κ2) is 8.12. The third-order valence-electron chi connectivity index (χ3n) is 4.62. The van der Waals surface area contributed by atoms with Gasteiger partial charge in [0, 0.05) is 24.3 Å². The van der Waals surface area contributed by atoms with Gasteiger partial charge in [0.25, 0.3) is 5.91 Å². The van der Waals surface area contributed by atoms with Crippen molar-refractivity contribution in [1.82, 2.24) is 4.90 Å². The van der Waals surface area contributed by atoms with Crippen LogP contribution in [0.4, 0.5) is 5.69 Å². The number of benzene rings is 2. The summed E-state index contributed by atoms with van der Waals surface area (Å²) in [7, 11) is 1.57. The van der Waals surface area contributed by atoms with Crippen LogP contribution in [0.25, 0.3) is 0 Å². The van der Waals surface area contributed by atoms with Gasteiger partial charge in [-0.2, -0.15) is 0 Å². The zero-order valence-corrected chi connectivity index (χ0v) is 15.8. The number of methoxy groups -OCH3 is 1. The largest absolute Gasteiger partial charge is 0.497 e. The van der Waals surface area contributed by atoms with E-state index in [-0.39, 0.29) is 31.0 Å². The van der Waals surface area contributed by atoms with E-state index in [0.717, 1.165) is 11.3 Å². The van der Waals surface area contributed by atoms with Crippen molar-refractivity contribution in [3.63, 3.8) is 0 Å². The lowest BCUT2D eigenvalue weighted by Gasteiger charge is -2.39. The Hall–Kier alpha value is -3.02. The van der Waals surface area contributed by atoms with Crippen LogP contribution in [0.1, 0.15) is 12.5 Å². The molecule has 2 amide bonds. The van der Waals surface area contributed by atoms with E-state index < -0.39 is 0 Å². The summed E-state index contributed by atoms with van der Waals surface area (Å²) in [6, 6.07) is 14.8. The SMILES string of the molecule is COc1cccc(OCC(=O)N2CC(=O)N(c3cccc(C)c3)C[C@H]2C)c1. The van der Waals surface area contributed by atoms with Crippen LogP contribution in [0, 0.1) is 6.92 Å². The van der Waals surface area contributed by atoms with Crippen LogP contribution in [0.5, 0.6) is 11.5 Å². The van der Waals surface area contributed by atoms with Gasteiger partial charge in [-0.15, -0.1) is 0 Å². The predicted molar refractivity (Wildman–Crippen MR) is 103 cm³/mol. The minimum absolute atomic E-state index is 0.0510. The smallest absolute Gasteiger partial charge is 0.261 e. The van der Waals surface area contributed by atoms with E-state index in [9.17, 15) is 9.59 Å². The van der Waals surface area contributed by atoms with Gasteiger partial charge in [-0.1, -0.05) is 18.2 Å². The highest BCUT2D eigenvalue weighted by Gasteiger charge is 2.33. The molecule has 0 radical (unpaired) electrons. The Kier molecular flexibility index (Phi) is 5.64. The zero-order chi connectivity index (χ0) is 19.4. The molecule has 6 heteroatoms. The van der Waals surface area contributed by atoms with Crippen LogP contribution >= 0.6 is 0 Å². The van der Waals surface area contributed by atoms with Gasteiger partial charge in [-0.3, -0.25) is 9.59 Å². The second-order valence-electron chi connectivity index (χ2n) is 6.68. The van der Waals surface area contributed by atoms with Crippen LogP contribution in [-0.4, -0.2) is 49.6 Å². The van der Waals surface area contributed by atoms with Crippen molar-refractivity contribution in [2.75, 3.05) is 31.7 Å². The van der Waals surface area contributed by atoms with Crippen LogP contribution in [0.15, 0.2) is 48.5 Å². The van der Waals surface area contributed by atoms with Gasteiger partial charge in [0.2, 0.25) is 5.91 Å². The van der Waals surface area contributed by atoms with Gasteiger partial charge in [0.1, 0.15) is 18.0 Å². The fourth-order valence-corrected chi connectivity index (χ4v) is 3.15. The monoisotopic (exact) mass is 368 g/mol. The second-order valence-corrected chi connectivity index (χ2v) is 6.68. The molecule has 142 valence electrons. The molecule has 0 spiro atoms. The van der Waals surface area contributed by atoms with Crippen molar-refractivity contribution in [3.05, 3.63) is 54.1 Å². The quantitative estimate of drug-likeness (QED) is 0.814. The number of hydrogen-bond acceptors (Lipinski definition) is 4. The molecular weight excluding hydrogens is 344 g/mol. The molecule has 1 saturated heterocycles. The summed E-state index contributed by atoms with van der Waals surface area (Å²) in [4.78, 5) is 28.5. The molecule has 0 bridgehead atoms. The van der Waals surface area contributed by atoms with Gasteiger partial charge in [-0.05, 0) is 43.7 Å². The molecule has 3 rings (SSSR count).